The first-order valence-corrected chi connectivity index (χ1v) is 10.1. The average molecular weight is 369 g/mol. The summed E-state index contributed by atoms with van der Waals surface area (Å²) < 4.78 is 1.97. The average Bonchev–Trinajstić information content (AvgIpc) is 3.13. The maximum atomic E-state index is 4.45. The van der Waals surface area contributed by atoms with E-state index in [9.17, 15) is 0 Å². The number of rotatable bonds is 3. The van der Waals surface area contributed by atoms with Crippen LogP contribution in [0.3, 0.4) is 0 Å². The predicted octanol–water partition coefficient (Wildman–Crippen LogP) is 3.11. The quantitative estimate of drug-likeness (QED) is 0.708. The smallest absolute Gasteiger partial charge is 0.173 e. The molecule has 0 aliphatic carbocycles. The molecule has 0 radical (unpaired) electrons. The largest absolute Gasteiger partial charge is 0.288 e. The summed E-state index contributed by atoms with van der Waals surface area (Å²) >= 11 is 2.01. The SMILES string of the molecule is CC(C)(C)n1nnnc1[C@H](c1ccc2ncccc2c1)N1CCSCC1. The van der Waals surface area contributed by atoms with Crippen molar-refractivity contribution < 1.29 is 0 Å². The molecule has 0 N–H and O–H groups in total. The summed E-state index contributed by atoms with van der Waals surface area (Å²) in [7, 11) is 0. The highest BCUT2D eigenvalue weighted by atomic mass is 32.2. The van der Waals surface area contributed by atoms with Crippen molar-refractivity contribution in [3.63, 3.8) is 0 Å². The molecule has 1 aliphatic heterocycles. The molecule has 4 rings (SSSR count). The zero-order valence-electron chi connectivity index (χ0n) is 15.5. The molecule has 3 aromatic rings. The summed E-state index contributed by atoms with van der Waals surface area (Å²) in [5.74, 6) is 3.19. The van der Waals surface area contributed by atoms with Gasteiger partial charge in [0, 0.05) is 36.2 Å². The lowest BCUT2D eigenvalue weighted by Gasteiger charge is -2.35. The molecule has 1 fully saturated rings. The second-order valence-electron chi connectivity index (χ2n) is 7.63. The summed E-state index contributed by atoms with van der Waals surface area (Å²) in [6.45, 7) is 8.50. The van der Waals surface area contributed by atoms with Gasteiger partial charge in [-0.05, 0) is 55.0 Å². The van der Waals surface area contributed by atoms with Crippen molar-refractivity contribution in [2.45, 2.75) is 32.4 Å². The van der Waals surface area contributed by atoms with E-state index in [0.717, 1.165) is 41.3 Å². The van der Waals surface area contributed by atoms with Gasteiger partial charge in [0.05, 0.1) is 17.1 Å². The first-order chi connectivity index (χ1) is 12.5. The molecule has 0 spiro atoms. The van der Waals surface area contributed by atoms with Crippen LogP contribution in [-0.4, -0.2) is 54.7 Å². The minimum Gasteiger partial charge on any atom is -0.288 e. The van der Waals surface area contributed by atoms with Crippen LogP contribution >= 0.6 is 11.8 Å². The van der Waals surface area contributed by atoms with Crippen molar-refractivity contribution in [3.8, 4) is 0 Å². The number of pyridine rings is 1. The van der Waals surface area contributed by atoms with E-state index in [1.807, 2.05) is 28.7 Å². The molecule has 0 saturated carbocycles. The lowest BCUT2D eigenvalue weighted by molar-refractivity contribution is 0.220. The van der Waals surface area contributed by atoms with Crippen LogP contribution in [-0.2, 0) is 5.54 Å². The number of aromatic nitrogens is 5. The van der Waals surface area contributed by atoms with E-state index in [2.05, 4.69) is 70.4 Å². The zero-order valence-corrected chi connectivity index (χ0v) is 16.3. The number of hydrogen-bond acceptors (Lipinski definition) is 6. The molecule has 1 aromatic carbocycles. The molecule has 1 saturated heterocycles. The van der Waals surface area contributed by atoms with Gasteiger partial charge in [0.25, 0.3) is 0 Å². The first kappa shape index (κ1) is 17.4. The monoisotopic (exact) mass is 368 g/mol. The van der Waals surface area contributed by atoms with Gasteiger partial charge in [-0.1, -0.05) is 12.1 Å². The van der Waals surface area contributed by atoms with Crippen LogP contribution in [0.1, 0.15) is 38.2 Å². The van der Waals surface area contributed by atoms with Crippen molar-refractivity contribution in [3.05, 3.63) is 47.9 Å². The lowest BCUT2D eigenvalue weighted by atomic mass is 10.0. The number of benzene rings is 1. The highest BCUT2D eigenvalue weighted by Gasteiger charge is 2.32. The van der Waals surface area contributed by atoms with Gasteiger partial charge < -0.3 is 0 Å². The van der Waals surface area contributed by atoms with E-state index in [4.69, 9.17) is 0 Å². The van der Waals surface area contributed by atoms with E-state index in [-0.39, 0.29) is 11.6 Å². The Morgan fingerprint density at radius 1 is 1.12 bits per heavy atom. The highest BCUT2D eigenvalue weighted by Crippen LogP contribution is 2.32. The molecule has 6 nitrogen and oxygen atoms in total. The molecular formula is C19H24N6S. The Balaban J connectivity index is 1.84. The molecule has 2 aromatic heterocycles. The first-order valence-electron chi connectivity index (χ1n) is 8.99. The molecule has 136 valence electrons. The molecule has 0 amide bonds. The number of fused-ring (bicyclic) bond motifs is 1. The van der Waals surface area contributed by atoms with Gasteiger partial charge in [0.15, 0.2) is 5.82 Å². The maximum Gasteiger partial charge on any atom is 0.173 e. The van der Waals surface area contributed by atoms with Crippen LogP contribution < -0.4 is 0 Å². The maximum absolute atomic E-state index is 4.45. The number of tetrazole rings is 1. The number of nitrogens with zero attached hydrogens (tertiary/aromatic N) is 6. The van der Waals surface area contributed by atoms with Gasteiger partial charge in [-0.3, -0.25) is 9.88 Å². The molecular weight excluding hydrogens is 344 g/mol. The molecule has 0 bridgehead atoms. The third-order valence-electron chi connectivity index (χ3n) is 4.73. The Morgan fingerprint density at radius 3 is 2.69 bits per heavy atom. The highest BCUT2D eigenvalue weighted by molar-refractivity contribution is 7.99. The molecule has 26 heavy (non-hydrogen) atoms. The molecule has 0 unspecified atom stereocenters. The molecule has 3 heterocycles. The second kappa shape index (κ2) is 6.96. The lowest BCUT2D eigenvalue weighted by Crippen LogP contribution is -2.39. The Labute approximate surface area is 158 Å². The summed E-state index contributed by atoms with van der Waals surface area (Å²) in [5.41, 5.74) is 2.07. The summed E-state index contributed by atoms with van der Waals surface area (Å²) in [6.07, 6.45) is 1.83. The van der Waals surface area contributed by atoms with Crippen molar-refractivity contribution in [2.75, 3.05) is 24.6 Å². The molecule has 1 atom stereocenters. The Bertz CT molecular complexity index is 894. The Kier molecular flexibility index (Phi) is 4.67. The summed E-state index contributed by atoms with van der Waals surface area (Å²) in [4.78, 5) is 6.95. The van der Waals surface area contributed by atoms with Crippen LogP contribution in [0.2, 0.25) is 0 Å². The summed E-state index contributed by atoms with van der Waals surface area (Å²) in [6, 6.07) is 10.6. The van der Waals surface area contributed by atoms with E-state index in [1.54, 1.807) is 0 Å². The number of hydrogen-bond donors (Lipinski definition) is 0. The fourth-order valence-electron chi connectivity index (χ4n) is 3.47. The van der Waals surface area contributed by atoms with Crippen molar-refractivity contribution in [1.29, 1.82) is 0 Å². The van der Waals surface area contributed by atoms with Crippen molar-refractivity contribution in [1.82, 2.24) is 30.1 Å². The van der Waals surface area contributed by atoms with Gasteiger partial charge in [-0.25, -0.2) is 4.68 Å². The van der Waals surface area contributed by atoms with Crippen molar-refractivity contribution >= 4 is 22.7 Å². The predicted molar refractivity (Wildman–Crippen MR) is 105 cm³/mol. The fraction of sp³-hybridized carbons (Fsp3) is 0.474. The van der Waals surface area contributed by atoms with Gasteiger partial charge in [-0.15, -0.1) is 5.10 Å². The van der Waals surface area contributed by atoms with Gasteiger partial charge in [-0.2, -0.15) is 11.8 Å². The van der Waals surface area contributed by atoms with E-state index in [0.29, 0.717) is 0 Å². The van der Waals surface area contributed by atoms with Gasteiger partial charge in [0.2, 0.25) is 0 Å². The topological polar surface area (TPSA) is 59.7 Å². The van der Waals surface area contributed by atoms with Gasteiger partial charge in [0.1, 0.15) is 0 Å². The minimum atomic E-state index is -0.167. The van der Waals surface area contributed by atoms with Crippen molar-refractivity contribution in [2.24, 2.45) is 0 Å². The van der Waals surface area contributed by atoms with Gasteiger partial charge >= 0.3 is 0 Å². The van der Waals surface area contributed by atoms with Crippen LogP contribution in [0, 0.1) is 0 Å². The minimum absolute atomic E-state index is 0.0507. The standard InChI is InChI=1S/C19H24N6S/c1-19(2,3)25-18(21-22-23-25)17(24-9-11-26-12-10-24)15-6-7-16-14(13-15)5-4-8-20-16/h4-8,13,17H,9-12H2,1-3H3/t17-/m0/s1. The van der Waals surface area contributed by atoms with E-state index in [1.165, 1.54) is 5.56 Å². The van der Waals surface area contributed by atoms with E-state index >= 15 is 0 Å². The Hall–Kier alpha value is -1.99. The van der Waals surface area contributed by atoms with Crippen LogP contribution in [0.5, 0.6) is 0 Å². The Morgan fingerprint density at radius 2 is 1.92 bits per heavy atom. The number of thioether (sulfide) groups is 1. The van der Waals surface area contributed by atoms with Crippen LogP contribution in [0.4, 0.5) is 0 Å². The second-order valence-corrected chi connectivity index (χ2v) is 8.85. The summed E-state index contributed by atoms with van der Waals surface area (Å²) in [5, 5.41) is 13.9. The third-order valence-corrected chi connectivity index (χ3v) is 5.67. The van der Waals surface area contributed by atoms with Crippen LogP contribution in [0.15, 0.2) is 36.5 Å². The zero-order chi connectivity index (χ0) is 18.1. The third kappa shape index (κ3) is 3.33. The molecule has 7 heteroatoms. The fourth-order valence-corrected chi connectivity index (χ4v) is 4.40. The van der Waals surface area contributed by atoms with Crippen LogP contribution in [0.25, 0.3) is 10.9 Å². The van der Waals surface area contributed by atoms with E-state index < -0.39 is 0 Å². The normalized spacial score (nSPS) is 17.5. The molecule has 1 aliphatic rings.